The lowest BCUT2D eigenvalue weighted by Crippen LogP contribution is -2.07. The summed E-state index contributed by atoms with van der Waals surface area (Å²) in [7, 11) is 0. The van der Waals surface area contributed by atoms with E-state index in [4.69, 9.17) is 5.11 Å². The first-order valence-electron chi connectivity index (χ1n) is 5.30. The van der Waals surface area contributed by atoms with Gasteiger partial charge in [-0.3, -0.25) is 4.79 Å². The molecular formula is C13H8F3NO2. The van der Waals surface area contributed by atoms with E-state index in [-0.39, 0.29) is 5.56 Å². The van der Waals surface area contributed by atoms with E-state index in [0.717, 1.165) is 6.07 Å². The fourth-order valence-corrected chi connectivity index (χ4v) is 1.61. The van der Waals surface area contributed by atoms with Crippen LogP contribution in [0.1, 0.15) is 5.69 Å². The van der Waals surface area contributed by atoms with Gasteiger partial charge < -0.3 is 5.11 Å². The standard InChI is InChI=1S/C13H8F3NO2/c14-8-4-2-1-3-7(8)13-10(16)5-9(15)11(17-13)6-12(18)19/h1-5H,6H2,(H,18,19). The first-order valence-corrected chi connectivity index (χ1v) is 5.30. The Morgan fingerprint density at radius 1 is 1.11 bits per heavy atom. The number of aromatic nitrogens is 1. The Morgan fingerprint density at radius 3 is 2.42 bits per heavy atom. The van der Waals surface area contributed by atoms with Crippen molar-refractivity contribution in [2.45, 2.75) is 6.42 Å². The summed E-state index contributed by atoms with van der Waals surface area (Å²) in [6, 6.07) is 5.78. The van der Waals surface area contributed by atoms with Gasteiger partial charge in [-0.25, -0.2) is 18.2 Å². The zero-order valence-corrected chi connectivity index (χ0v) is 9.53. The number of hydrogen-bond donors (Lipinski definition) is 1. The van der Waals surface area contributed by atoms with Gasteiger partial charge in [0, 0.05) is 11.6 Å². The third-order valence-electron chi connectivity index (χ3n) is 2.45. The molecule has 1 N–H and O–H groups in total. The summed E-state index contributed by atoms with van der Waals surface area (Å²) in [6.45, 7) is 0. The molecule has 2 aromatic rings. The SMILES string of the molecule is O=C(O)Cc1nc(-c2ccccc2F)c(F)cc1F. The van der Waals surface area contributed by atoms with Gasteiger partial charge in [0.15, 0.2) is 5.82 Å². The van der Waals surface area contributed by atoms with Crippen molar-refractivity contribution in [2.75, 3.05) is 0 Å². The molecule has 19 heavy (non-hydrogen) atoms. The van der Waals surface area contributed by atoms with Crippen LogP contribution in [-0.4, -0.2) is 16.1 Å². The molecule has 98 valence electrons. The van der Waals surface area contributed by atoms with Crippen molar-refractivity contribution < 1.29 is 23.1 Å². The molecule has 0 amide bonds. The van der Waals surface area contributed by atoms with Crippen molar-refractivity contribution in [3.8, 4) is 11.3 Å². The first-order chi connectivity index (χ1) is 8.99. The maximum atomic E-state index is 13.6. The zero-order chi connectivity index (χ0) is 14.0. The highest BCUT2D eigenvalue weighted by molar-refractivity contribution is 5.70. The van der Waals surface area contributed by atoms with Crippen LogP contribution in [0.5, 0.6) is 0 Å². The second-order valence-corrected chi connectivity index (χ2v) is 3.80. The van der Waals surface area contributed by atoms with Gasteiger partial charge in [0.05, 0.1) is 12.1 Å². The summed E-state index contributed by atoms with van der Waals surface area (Å²) < 4.78 is 40.5. The summed E-state index contributed by atoms with van der Waals surface area (Å²) in [5, 5.41) is 8.60. The Hall–Kier alpha value is -2.37. The molecule has 0 saturated carbocycles. The second-order valence-electron chi connectivity index (χ2n) is 3.80. The maximum absolute atomic E-state index is 13.6. The van der Waals surface area contributed by atoms with E-state index in [1.807, 2.05) is 0 Å². The molecule has 0 unspecified atom stereocenters. The molecule has 3 nitrogen and oxygen atoms in total. The molecule has 0 spiro atoms. The second kappa shape index (κ2) is 5.09. The lowest BCUT2D eigenvalue weighted by atomic mass is 10.1. The third kappa shape index (κ3) is 2.73. The van der Waals surface area contributed by atoms with Crippen molar-refractivity contribution in [3.63, 3.8) is 0 Å². The number of carboxylic acids is 1. The van der Waals surface area contributed by atoms with Crippen LogP contribution < -0.4 is 0 Å². The number of hydrogen-bond acceptors (Lipinski definition) is 2. The highest BCUT2D eigenvalue weighted by Gasteiger charge is 2.17. The molecular weight excluding hydrogens is 259 g/mol. The Bertz CT molecular complexity index is 644. The fraction of sp³-hybridized carbons (Fsp3) is 0.0769. The molecule has 0 radical (unpaired) electrons. The predicted octanol–water partition coefficient (Wildman–Crippen LogP) is 2.79. The van der Waals surface area contributed by atoms with Crippen molar-refractivity contribution >= 4 is 5.97 Å². The number of carboxylic acid groups (broad SMARTS) is 1. The lowest BCUT2D eigenvalue weighted by molar-refractivity contribution is -0.136. The predicted molar refractivity (Wildman–Crippen MR) is 60.9 cm³/mol. The van der Waals surface area contributed by atoms with Gasteiger partial charge in [-0.2, -0.15) is 0 Å². The van der Waals surface area contributed by atoms with Gasteiger partial charge in [-0.1, -0.05) is 12.1 Å². The molecule has 0 bridgehead atoms. The smallest absolute Gasteiger partial charge is 0.309 e. The monoisotopic (exact) mass is 267 g/mol. The van der Waals surface area contributed by atoms with Gasteiger partial charge in [0.2, 0.25) is 0 Å². The molecule has 1 heterocycles. The third-order valence-corrected chi connectivity index (χ3v) is 2.45. The minimum absolute atomic E-state index is 0.147. The summed E-state index contributed by atoms with van der Waals surface area (Å²) in [6.07, 6.45) is -0.701. The van der Waals surface area contributed by atoms with Crippen LogP contribution in [-0.2, 0) is 11.2 Å². The number of aliphatic carboxylic acids is 1. The van der Waals surface area contributed by atoms with E-state index in [1.165, 1.54) is 18.2 Å². The summed E-state index contributed by atoms with van der Waals surface area (Å²) >= 11 is 0. The normalized spacial score (nSPS) is 10.5. The van der Waals surface area contributed by atoms with Crippen LogP contribution in [0.3, 0.4) is 0 Å². The number of nitrogens with zero attached hydrogens (tertiary/aromatic N) is 1. The zero-order valence-electron chi connectivity index (χ0n) is 9.53. The van der Waals surface area contributed by atoms with Gasteiger partial charge in [0.1, 0.15) is 17.3 Å². The lowest BCUT2D eigenvalue weighted by Gasteiger charge is -2.07. The molecule has 0 aliphatic carbocycles. The Balaban J connectivity index is 2.58. The van der Waals surface area contributed by atoms with Crippen molar-refractivity contribution in [2.24, 2.45) is 0 Å². The van der Waals surface area contributed by atoms with E-state index in [1.54, 1.807) is 0 Å². The average Bonchev–Trinajstić information content (AvgIpc) is 2.33. The van der Waals surface area contributed by atoms with Gasteiger partial charge >= 0.3 is 5.97 Å². The van der Waals surface area contributed by atoms with Gasteiger partial charge in [-0.05, 0) is 12.1 Å². The summed E-state index contributed by atoms with van der Waals surface area (Å²) in [4.78, 5) is 14.1. The largest absolute Gasteiger partial charge is 0.481 e. The number of halogens is 3. The minimum atomic E-state index is -1.31. The molecule has 6 heteroatoms. The number of rotatable bonds is 3. The van der Waals surface area contributed by atoms with E-state index in [2.05, 4.69) is 4.98 Å². The summed E-state index contributed by atoms with van der Waals surface area (Å²) in [5.41, 5.74) is -0.991. The average molecular weight is 267 g/mol. The van der Waals surface area contributed by atoms with E-state index in [9.17, 15) is 18.0 Å². The van der Waals surface area contributed by atoms with Crippen LogP contribution in [0.25, 0.3) is 11.3 Å². The van der Waals surface area contributed by atoms with E-state index >= 15 is 0 Å². The highest BCUT2D eigenvalue weighted by atomic mass is 19.1. The number of carbonyl (C=O) groups is 1. The fourth-order valence-electron chi connectivity index (χ4n) is 1.61. The van der Waals surface area contributed by atoms with E-state index < -0.39 is 41.2 Å². The molecule has 1 aromatic heterocycles. The van der Waals surface area contributed by atoms with Crippen molar-refractivity contribution in [1.29, 1.82) is 0 Å². The van der Waals surface area contributed by atoms with Crippen LogP contribution in [0.4, 0.5) is 13.2 Å². The highest BCUT2D eigenvalue weighted by Crippen LogP contribution is 2.25. The van der Waals surface area contributed by atoms with Crippen molar-refractivity contribution in [3.05, 3.63) is 53.5 Å². The van der Waals surface area contributed by atoms with Crippen LogP contribution in [0, 0.1) is 17.5 Å². The quantitative estimate of drug-likeness (QED) is 0.930. The van der Waals surface area contributed by atoms with Crippen LogP contribution in [0.2, 0.25) is 0 Å². The summed E-state index contributed by atoms with van der Waals surface area (Å²) in [5.74, 6) is -4.14. The molecule has 0 atom stereocenters. The topological polar surface area (TPSA) is 50.2 Å². The maximum Gasteiger partial charge on any atom is 0.309 e. The molecule has 0 fully saturated rings. The Kier molecular flexibility index (Phi) is 3.50. The molecule has 0 saturated heterocycles. The van der Waals surface area contributed by atoms with Crippen LogP contribution in [0.15, 0.2) is 30.3 Å². The van der Waals surface area contributed by atoms with E-state index in [0.29, 0.717) is 6.07 Å². The number of pyridine rings is 1. The Morgan fingerprint density at radius 2 is 1.79 bits per heavy atom. The van der Waals surface area contributed by atoms with Crippen LogP contribution >= 0.6 is 0 Å². The molecule has 2 rings (SSSR count). The first kappa shape index (κ1) is 13.1. The molecule has 1 aromatic carbocycles. The molecule has 0 aliphatic rings. The molecule has 0 aliphatic heterocycles. The minimum Gasteiger partial charge on any atom is -0.481 e. The van der Waals surface area contributed by atoms with Gasteiger partial charge in [0.25, 0.3) is 0 Å². The number of benzene rings is 1. The Labute approximate surface area is 106 Å². The van der Waals surface area contributed by atoms with Gasteiger partial charge in [-0.15, -0.1) is 0 Å². The van der Waals surface area contributed by atoms with Crippen molar-refractivity contribution in [1.82, 2.24) is 4.98 Å².